The summed E-state index contributed by atoms with van der Waals surface area (Å²) in [5, 5.41) is 2.91. The van der Waals surface area contributed by atoms with Gasteiger partial charge in [0.15, 0.2) is 0 Å². The van der Waals surface area contributed by atoms with E-state index in [2.05, 4.69) is 27.9 Å². The predicted molar refractivity (Wildman–Crippen MR) is 93.7 cm³/mol. The molecule has 1 amide bonds. The Bertz CT molecular complexity index is 599. The Balaban J connectivity index is 1.71. The highest BCUT2D eigenvalue weighted by Crippen LogP contribution is 2.17. The summed E-state index contributed by atoms with van der Waals surface area (Å²) >= 11 is 2.27. The van der Waals surface area contributed by atoms with Gasteiger partial charge in [-0.05, 0) is 65.8 Å². The fraction of sp³-hybridized carbons (Fsp3) is 0.235. The molecule has 110 valence electrons. The standard InChI is InChI=1S/C17H18INO2/c1-13-9-10-14(12-16(13)18)19-17(20)8-5-11-21-15-6-3-2-4-7-15/h2-4,6-7,9-10,12H,5,8,11H2,1H3,(H,19,20). The second-order valence-corrected chi connectivity index (χ2v) is 5.94. The summed E-state index contributed by atoms with van der Waals surface area (Å²) in [5.74, 6) is 0.859. The lowest BCUT2D eigenvalue weighted by atomic mass is 10.2. The molecule has 2 aromatic carbocycles. The molecule has 0 saturated heterocycles. The van der Waals surface area contributed by atoms with Crippen LogP contribution in [-0.4, -0.2) is 12.5 Å². The number of hydrogen-bond donors (Lipinski definition) is 1. The van der Waals surface area contributed by atoms with Gasteiger partial charge in [0.25, 0.3) is 0 Å². The second-order valence-electron chi connectivity index (χ2n) is 4.78. The average molecular weight is 395 g/mol. The number of carbonyl (C=O) groups is 1. The highest BCUT2D eigenvalue weighted by Gasteiger charge is 2.04. The zero-order chi connectivity index (χ0) is 15.1. The molecule has 2 rings (SSSR count). The maximum absolute atomic E-state index is 11.9. The van der Waals surface area contributed by atoms with Crippen LogP contribution in [0.2, 0.25) is 0 Å². The summed E-state index contributed by atoms with van der Waals surface area (Å²) in [5.41, 5.74) is 2.06. The number of amides is 1. The van der Waals surface area contributed by atoms with Crippen LogP contribution in [0.5, 0.6) is 5.75 Å². The van der Waals surface area contributed by atoms with E-state index in [1.807, 2.05) is 55.5 Å². The molecule has 0 saturated carbocycles. The molecule has 0 aromatic heterocycles. The molecule has 0 heterocycles. The highest BCUT2D eigenvalue weighted by atomic mass is 127. The van der Waals surface area contributed by atoms with Crippen molar-refractivity contribution in [2.45, 2.75) is 19.8 Å². The van der Waals surface area contributed by atoms with Crippen LogP contribution in [0, 0.1) is 10.5 Å². The first-order chi connectivity index (χ1) is 10.1. The van der Waals surface area contributed by atoms with Crippen LogP contribution in [0.1, 0.15) is 18.4 Å². The third kappa shape index (κ3) is 5.38. The number of nitrogens with one attached hydrogen (secondary N) is 1. The topological polar surface area (TPSA) is 38.3 Å². The largest absolute Gasteiger partial charge is 0.494 e. The molecule has 2 aromatic rings. The smallest absolute Gasteiger partial charge is 0.224 e. The lowest BCUT2D eigenvalue weighted by Crippen LogP contribution is -2.13. The number of ether oxygens (including phenoxy) is 1. The Morgan fingerprint density at radius 2 is 1.95 bits per heavy atom. The lowest BCUT2D eigenvalue weighted by Gasteiger charge is -2.08. The van der Waals surface area contributed by atoms with Gasteiger partial charge in [0.05, 0.1) is 6.61 Å². The Labute approximate surface area is 138 Å². The molecule has 4 heteroatoms. The van der Waals surface area contributed by atoms with E-state index in [-0.39, 0.29) is 5.91 Å². The molecule has 0 aliphatic carbocycles. The predicted octanol–water partition coefficient (Wildman–Crippen LogP) is 4.40. The lowest BCUT2D eigenvalue weighted by molar-refractivity contribution is -0.116. The molecule has 0 atom stereocenters. The monoisotopic (exact) mass is 395 g/mol. The fourth-order valence-corrected chi connectivity index (χ4v) is 2.35. The number of rotatable bonds is 6. The van der Waals surface area contributed by atoms with E-state index in [1.165, 1.54) is 5.56 Å². The van der Waals surface area contributed by atoms with Gasteiger partial charge in [-0.2, -0.15) is 0 Å². The minimum Gasteiger partial charge on any atom is -0.494 e. The normalized spacial score (nSPS) is 10.2. The Kier molecular flexibility index (Phi) is 6.04. The summed E-state index contributed by atoms with van der Waals surface area (Å²) in [7, 11) is 0. The van der Waals surface area contributed by atoms with Gasteiger partial charge in [-0.3, -0.25) is 4.79 Å². The van der Waals surface area contributed by atoms with E-state index >= 15 is 0 Å². The molecule has 0 fully saturated rings. The molecule has 0 spiro atoms. The maximum Gasteiger partial charge on any atom is 0.224 e. The van der Waals surface area contributed by atoms with Gasteiger partial charge < -0.3 is 10.1 Å². The fourth-order valence-electron chi connectivity index (χ4n) is 1.83. The van der Waals surface area contributed by atoms with E-state index < -0.39 is 0 Å². The van der Waals surface area contributed by atoms with Crippen molar-refractivity contribution in [3.8, 4) is 5.75 Å². The van der Waals surface area contributed by atoms with Gasteiger partial charge >= 0.3 is 0 Å². The number of hydrogen-bond acceptors (Lipinski definition) is 2. The SMILES string of the molecule is Cc1ccc(NC(=O)CCCOc2ccccc2)cc1I. The highest BCUT2D eigenvalue weighted by molar-refractivity contribution is 14.1. The van der Waals surface area contributed by atoms with E-state index in [0.29, 0.717) is 19.4 Å². The van der Waals surface area contributed by atoms with E-state index in [0.717, 1.165) is 15.0 Å². The van der Waals surface area contributed by atoms with Crippen molar-refractivity contribution in [3.05, 3.63) is 57.7 Å². The third-order valence-corrected chi connectivity index (χ3v) is 4.18. The van der Waals surface area contributed by atoms with Crippen molar-refractivity contribution in [2.24, 2.45) is 0 Å². The molecule has 0 aliphatic heterocycles. The summed E-state index contributed by atoms with van der Waals surface area (Å²) in [6.07, 6.45) is 1.15. The van der Waals surface area contributed by atoms with Crippen LogP contribution in [0.3, 0.4) is 0 Å². The van der Waals surface area contributed by atoms with Crippen molar-refractivity contribution in [1.29, 1.82) is 0 Å². The number of para-hydroxylation sites is 1. The van der Waals surface area contributed by atoms with Crippen LogP contribution < -0.4 is 10.1 Å². The molecule has 0 radical (unpaired) electrons. The molecule has 0 bridgehead atoms. The van der Waals surface area contributed by atoms with E-state index in [4.69, 9.17) is 4.74 Å². The zero-order valence-corrected chi connectivity index (χ0v) is 14.1. The Morgan fingerprint density at radius 3 is 2.67 bits per heavy atom. The molecule has 0 unspecified atom stereocenters. The van der Waals surface area contributed by atoms with Gasteiger partial charge in [0.1, 0.15) is 5.75 Å². The van der Waals surface area contributed by atoms with Crippen molar-refractivity contribution in [1.82, 2.24) is 0 Å². The molecule has 1 N–H and O–H groups in total. The first kappa shape index (κ1) is 15.8. The minimum absolute atomic E-state index is 0.0197. The number of halogens is 1. The van der Waals surface area contributed by atoms with Crippen LogP contribution in [0.25, 0.3) is 0 Å². The van der Waals surface area contributed by atoms with Crippen LogP contribution in [0.4, 0.5) is 5.69 Å². The second kappa shape index (κ2) is 8.02. The summed E-state index contributed by atoms with van der Waals surface area (Å²) < 4.78 is 6.71. The Morgan fingerprint density at radius 1 is 1.19 bits per heavy atom. The van der Waals surface area contributed by atoms with Gasteiger partial charge in [-0.1, -0.05) is 24.3 Å². The summed E-state index contributed by atoms with van der Waals surface area (Å²) in [6.45, 7) is 2.59. The molecule has 21 heavy (non-hydrogen) atoms. The van der Waals surface area contributed by atoms with E-state index in [1.54, 1.807) is 0 Å². The van der Waals surface area contributed by atoms with Crippen molar-refractivity contribution in [2.75, 3.05) is 11.9 Å². The maximum atomic E-state index is 11.9. The summed E-state index contributed by atoms with van der Waals surface area (Å²) in [4.78, 5) is 11.9. The molecular formula is C17H18INO2. The third-order valence-electron chi connectivity index (χ3n) is 3.02. The van der Waals surface area contributed by atoms with Crippen LogP contribution in [-0.2, 0) is 4.79 Å². The van der Waals surface area contributed by atoms with Gasteiger partial charge in [-0.25, -0.2) is 0 Å². The van der Waals surface area contributed by atoms with Crippen LogP contribution >= 0.6 is 22.6 Å². The first-order valence-corrected chi connectivity index (χ1v) is 7.97. The van der Waals surface area contributed by atoms with Gasteiger partial charge in [0, 0.05) is 15.7 Å². The number of anilines is 1. The number of benzene rings is 2. The van der Waals surface area contributed by atoms with Crippen molar-refractivity contribution < 1.29 is 9.53 Å². The van der Waals surface area contributed by atoms with Gasteiger partial charge in [-0.15, -0.1) is 0 Å². The quantitative estimate of drug-likeness (QED) is 0.582. The Hall–Kier alpha value is -1.56. The van der Waals surface area contributed by atoms with Gasteiger partial charge in [0.2, 0.25) is 5.91 Å². The molecule has 0 aliphatic rings. The van der Waals surface area contributed by atoms with Crippen LogP contribution in [0.15, 0.2) is 48.5 Å². The summed E-state index contributed by atoms with van der Waals surface area (Å²) in [6, 6.07) is 15.5. The van der Waals surface area contributed by atoms with E-state index in [9.17, 15) is 4.79 Å². The molecule has 3 nitrogen and oxygen atoms in total. The van der Waals surface area contributed by atoms with Crippen molar-refractivity contribution >= 4 is 34.2 Å². The zero-order valence-electron chi connectivity index (χ0n) is 11.9. The number of carbonyl (C=O) groups excluding carboxylic acids is 1. The average Bonchev–Trinajstić information content (AvgIpc) is 2.49. The first-order valence-electron chi connectivity index (χ1n) is 6.89. The minimum atomic E-state index is 0.0197. The van der Waals surface area contributed by atoms with Crippen molar-refractivity contribution in [3.63, 3.8) is 0 Å². The molecular weight excluding hydrogens is 377 g/mol. The number of aryl methyl sites for hydroxylation is 1.